The van der Waals surface area contributed by atoms with Gasteiger partial charge in [0.05, 0.1) is 17.6 Å². The number of hydrogen-bond acceptors (Lipinski definition) is 9. The molecule has 0 fully saturated rings. The lowest BCUT2D eigenvalue weighted by molar-refractivity contribution is -0.152. The van der Waals surface area contributed by atoms with Crippen molar-refractivity contribution in [1.29, 1.82) is 0 Å². The Balaban J connectivity index is 0.000000267. The number of H-pyrrole nitrogens is 1. The van der Waals surface area contributed by atoms with Gasteiger partial charge in [-0.15, -0.1) is 0 Å². The highest BCUT2D eigenvalue weighted by atomic mass is 28.3. The first-order chi connectivity index (χ1) is 33.0. The number of imidazole rings is 2. The average Bonchev–Trinajstić information content (AvgIpc) is 4.02. The second kappa shape index (κ2) is 22.9. The van der Waals surface area contributed by atoms with Crippen LogP contribution in [0.2, 0.25) is 25.7 Å². The molecule has 2 aromatic carbocycles. The molecule has 3 N–H and O–H groups in total. The van der Waals surface area contributed by atoms with Gasteiger partial charge in [0, 0.05) is 55.5 Å². The van der Waals surface area contributed by atoms with E-state index in [0.717, 1.165) is 29.6 Å². The minimum atomic E-state index is -4.58. The van der Waals surface area contributed by atoms with Crippen LogP contribution in [-0.2, 0) is 33.4 Å². The van der Waals surface area contributed by atoms with Gasteiger partial charge in [-0.1, -0.05) is 47.3 Å². The maximum absolute atomic E-state index is 13.4. The molecule has 0 aliphatic heterocycles. The quantitative estimate of drug-likeness (QED) is 0.0356. The van der Waals surface area contributed by atoms with Crippen LogP contribution in [0.25, 0.3) is 45.3 Å². The van der Waals surface area contributed by atoms with Gasteiger partial charge in [-0.2, -0.15) is 26.3 Å². The number of alkyl halides is 6. The zero-order chi connectivity index (χ0) is 51.5. The summed E-state index contributed by atoms with van der Waals surface area (Å²) in [7, 11) is -1.33. The fourth-order valence-electron chi connectivity index (χ4n) is 6.96. The number of benzene rings is 2. The zero-order valence-corrected chi connectivity index (χ0v) is 41.0. The number of ether oxygens (including phenoxy) is 3. The standard InChI is InChI=1S/C28H36F3N3O4Si.C22H22F3N3O3/c1-6-27(7-2,26(35)36)18-38-22-11-8-20(9-12-22)23-13-10-21(16-32-23)25-33-24(28(29,30)31)17-34(25)19-37-14-15-39(3,4)5;1-3-21(4-2,20(29)30)13-31-16-8-5-14(6-9-16)17-10-7-15(11-26-17)19-27-12-18(28-19)22(23,24)25/h8-13,16-17H,6-7,14-15,18-19H2,1-5H3,(H,35,36);5-12H,3-4,13H2,1-2H3,(H,27,28)(H,29,30). The molecule has 376 valence electrons. The lowest BCUT2D eigenvalue weighted by Crippen LogP contribution is -2.36. The van der Waals surface area contributed by atoms with Crippen molar-refractivity contribution < 1.29 is 60.4 Å². The summed E-state index contributed by atoms with van der Waals surface area (Å²) in [6.07, 6.45) is -2.56. The molecule has 4 heterocycles. The minimum Gasteiger partial charge on any atom is -0.492 e. The number of nitrogens with zero attached hydrogens (tertiary/aromatic N) is 5. The van der Waals surface area contributed by atoms with E-state index in [1.165, 1.54) is 17.0 Å². The molecular weight excluding hydrogens is 939 g/mol. The first-order valence-electron chi connectivity index (χ1n) is 22.7. The van der Waals surface area contributed by atoms with Crippen molar-refractivity contribution in [1.82, 2.24) is 29.5 Å². The summed E-state index contributed by atoms with van der Waals surface area (Å²) in [5.74, 6) is -0.454. The number of aromatic amines is 1. The van der Waals surface area contributed by atoms with Gasteiger partial charge >= 0.3 is 24.3 Å². The summed E-state index contributed by atoms with van der Waals surface area (Å²) < 4.78 is 96.8. The monoisotopic (exact) mass is 996 g/mol. The van der Waals surface area contributed by atoms with Crippen molar-refractivity contribution in [2.75, 3.05) is 19.8 Å². The normalized spacial score (nSPS) is 12.3. The molecule has 0 unspecified atom stereocenters. The number of pyridine rings is 2. The van der Waals surface area contributed by atoms with E-state index in [1.54, 1.807) is 72.8 Å². The number of nitrogens with one attached hydrogen (secondary N) is 1. The summed E-state index contributed by atoms with van der Waals surface area (Å²) in [4.78, 5) is 41.8. The van der Waals surface area contributed by atoms with Crippen molar-refractivity contribution >= 4 is 20.0 Å². The first-order valence-corrected chi connectivity index (χ1v) is 26.4. The molecular formula is C50H58F6N6O7Si. The Hall–Kier alpha value is -6.54. The maximum Gasteiger partial charge on any atom is 0.434 e. The number of carboxylic acids is 2. The van der Waals surface area contributed by atoms with E-state index >= 15 is 0 Å². The number of rotatable bonds is 21. The molecule has 0 bridgehead atoms. The fourth-order valence-corrected chi connectivity index (χ4v) is 7.72. The van der Waals surface area contributed by atoms with Gasteiger partial charge in [-0.3, -0.25) is 19.6 Å². The number of carbonyl (C=O) groups is 2. The molecule has 6 aromatic rings. The van der Waals surface area contributed by atoms with Crippen LogP contribution < -0.4 is 9.47 Å². The third-order valence-corrected chi connectivity index (χ3v) is 13.9. The van der Waals surface area contributed by atoms with E-state index in [9.17, 15) is 46.1 Å². The van der Waals surface area contributed by atoms with Gasteiger partial charge in [-0.25, -0.2) is 9.97 Å². The smallest absolute Gasteiger partial charge is 0.434 e. The minimum absolute atomic E-state index is 0.0364. The van der Waals surface area contributed by atoms with Crippen LogP contribution in [0.4, 0.5) is 26.3 Å². The van der Waals surface area contributed by atoms with E-state index in [1.807, 2.05) is 27.7 Å². The van der Waals surface area contributed by atoms with Crippen molar-refractivity contribution in [2.24, 2.45) is 10.8 Å². The third kappa shape index (κ3) is 14.0. The van der Waals surface area contributed by atoms with Gasteiger partial charge in [0.2, 0.25) is 0 Å². The topological polar surface area (TPSA) is 175 Å². The van der Waals surface area contributed by atoms with E-state index in [0.29, 0.717) is 66.3 Å². The largest absolute Gasteiger partial charge is 0.492 e. The Morgan fingerprint density at radius 2 is 1.09 bits per heavy atom. The molecule has 4 aromatic heterocycles. The molecule has 20 heteroatoms. The van der Waals surface area contributed by atoms with Crippen LogP contribution in [-0.4, -0.2) is 79.5 Å². The summed E-state index contributed by atoms with van der Waals surface area (Å²) in [6.45, 7) is 14.5. The molecule has 0 aliphatic carbocycles. The summed E-state index contributed by atoms with van der Waals surface area (Å²) in [5, 5.41) is 19.1. The summed E-state index contributed by atoms with van der Waals surface area (Å²) >= 11 is 0. The zero-order valence-electron chi connectivity index (χ0n) is 40.0. The Morgan fingerprint density at radius 3 is 1.46 bits per heavy atom. The molecule has 0 atom stereocenters. The van der Waals surface area contributed by atoms with Crippen LogP contribution in [0.1, 0.15) is 64.8 Å². The molecule has 0 aliphatic rings. The van der Waals surface area contributed by atoms with E-state index in [-0.39, 0.29) is 31.6 Å². The number of carboxylic acid groups (broad SMARTS) is 2. The molecule has 0 radical (unpaired) electrons. The fraction of sp³-hybridized carbons (Fsp3) is 0.400. The van der Waals surface area contributed by atoms with Gasteiger partial charge in [0.1, 0.15) is 59.6 Å². The highest BCUT2D eigenvalue weighted by Gasteiger charge is 2.38. The van der Waals surface area contributed by atoms with Gasteiger partial charge < -0.3 is 34.0 Å². The number of aliphatic carboxylic acids is 2. The van der Waals surface area contributed by atoms with Gasteiger partial charge in [0.25, 0.3) is 0 Å². The predicted molar refractivity (Wildman–Crippen MR) is 255 cm³/mol. The Morgan fingerprint density at radius 1 is 0.629 bits per heavy atom. The van der Waals surface area contributed by atoms with Crippen LogP contribution in [0.15, 0.2) is 97.6 Å². The third-order valence-electron chi connectivity index (χ3n) is 12.2. The van der Waals surface area contributed by atoms with Crippen LogP contribution in [0, 0.1) is 10.8 Å². The molecule has 0 spiro atoms. The lowest BCUT2D eigenvalue weighted by Gasteiger charge is -2.26. The van der Waals surface area contributed by atoms with Crippen LogP contribution in [0.3, 0.4) is 0 Å². The van der Waals surface area contributed by atoms with E-state index in [4.69, 9.17) is 14.2 Å². The number of aromatic nitrogens is 6. The summed E-state index contributed by atoms with van der Waals surface area (Å²) in [5.41, 5.74) is -0.0864. The highest BCUT2D eigenvalue weighted by molar-refractivity contribution is 6.76. The second-order valence-electron chi connectivity index (χ2n) is 18.0. The molecule has 0 saturated carbocycles. The molecule has 0 saturated heterocycles. The van der Waals surface area contributed by atoms with Gasteiger partial charge in [0.15, 0.2) is 5.69 Å². The van der Waals surface area contributed by atoms with E-state index in [2.05, 4.69) is 44.6 Å². The Bertz CT molecular complexity index is 2620. The molecule has 0 amide bonds. The lowest BCUT2D eigenvalue weighted by atomic mass is 9.83. The maximum atomic E-state index is 13.4. The molecule has 6 rings (SSSR count). The number of hydrogen-bond donors (Lipinski definition) is 3. The molecule has 70 heavy (non-hydrogen) atoms. The van der Waals surface area contributed by atoms with E-state index < -0.39 is 54.6 Å². The van der Waals surface area contributed by atoms with Crippen LogP contribution >= 0.6 is 0 Å². The highest BCUT2D eigenvalue weighted by Crippen LogP contribution is 2.34. The van der Waals surface area contributed by atoms with Crippen molar-refractivity contribution in [2.45, 2.75) is 98.1 Å². The van der Waals surface area contributed by atoms with Crippen molar-refractivity contribution in [3.63, 3.8) is 0 Å². The summed E-state index contributed by atoms with van der Waals surface area (Å²) in [6, 6.07) is 21.7. The SMILES string of the molecule is CCC(CC)(COc1ccc(-c2ccc(-c3nc(C(F)(F)F)cn3COCC[Si](C)(C)C)cn2)cc1)C(=O)O.CCC(CC)(COc1ccc(-c2ccc(-c3ncc(C(F)(F)F)[nH]3)cn2)cc1)C(=O)O. The second-order valence-corrected chi connectivity index (χ2v) is 23.6. The van der Waals surface area contributed by atoms with Crippen molar-refractivity contribution in [3.05, 3.63) is 109 Å². The number of halogens is 6. The Kier molecular flexibility index (Phi) is 17.8. The predicted octanol–water partition coefficient (Wildman–Crippen LogP) is 12.6. The molecule has 13 nitrogen and oxygen atoms in total. The van der Waals surface area contributed by atoms with Crippen LogP contribution in [0.5, 0.6) is 11.5 Å². The first kappa shape index (κ1) is 54.4. The van der Waals surface area contributed by atoms with Crippen molar-refractivity contribution in [3.8, 4) is 56.8 Å². The Labute approximate surface area is 403 Å². The average molecular weight is 997 g/mol. The van der Waals surface area contributed by atoms with Gasteiger partial charge in [-0.05, 0) is 105 Å².